The van der Waals surface area contributed by atoms with Gasteiger partial charge in [0.2, 0.25) is 7.37 Å². The first kappa shape index (κ1) is 22.4. The molecule has 0 N–H and O–H groups in total. The van der Waals surface area contributed by atoms with Crippen LogP contribution >= 0.6 is 19.0 Å². The van der Waals surface area contributed by atoms with E-state index in [-0.39, 0.29) is 0 Å². The fourth-order valence-electron chi connectivity index (χ4n) is 2.93. The summed E-state index contributed by atoms with van der Waals surface area (Å²) in [4.78, 5) is 8.23. The van der Waals surface area contributed by atoms with Gasteiger partial charge in [0.05, 0.1) is 5.02 Å². The molecule has 0 saturated carbocycles. The highest BCUT2D eigenvalue weighted by atomic mass is 35.5. The van der Waals surface area contributed by atoms with Gasteiger partial charge in [0, 0.05) is 44.7 Å². The number of pyridine rings is 1. The fraction of sp³-hybridized carbons (Fsp3) is 0.588. The molecule has 1 unspecified atom stereocenters. The molecule has 7 nitrogen and oxygen atoms in total. The topological polar surface area (TPSA) is 79.8 Å². The second-order valence-electron chi connectivity index (χ2n) is 6.34. The van der Waals surface area contributed by atoms with E-state index in [9.17, 15) is 13.0 Å². The van der Waals surface area contributed by atoms with Crippen LogP contribution in [0.1, 0.15) is 13.8 Å². The molecule has 0 amide bonds. The highest BCUT2D eigenvalue weighted by molar-refractivity contribution is 7.92. The van der Waals surface area contributed by atoms with E-state index in [1.54, 1.807) is 26.1 Å². The standard InChI is InChI=1S/C17H27ClN3O4PS/c1-4-17(27(23,24)14-25-26(22,5-2)6-3)21-11-9-20(10-12-21)16-8-7-15(18)13-19-16/h4,7-8,13,17H,1,5-6,9-12,14H2,2-3H3. The fourth-order valence-corrected chi connectivity index (χ4v) is 6.31. The van der Waals surface area contributed by atoms with E-state index in [4.69, 9.17) is 16.1 Å². The van der Waals surface area contributed by atoms with Crippen LogP contribution in [0.5, 0.6) is 0 Å². The summed E-state index contributed by atoms with van der Waals surface area (Å²) in [5.41, 5.74) is 0. The first-order valence-electron chi connectivity index (χ1n) is 8.92. The maximum Gasteiger partial charge on any atom is 0.203 e. The summed E-state index contributed by atoms with van der Waals surface area (Å²) in [6.45, 7) is 9.53. The number of hydrogen-bond donors (Lipinski definition) is 0. The van der Waals surface area contributed by atoms with E-state index in [2.05, 4.69) is 16.5 Å². The summed E-state index contributed by atoms with van der Waals surface area (Å²) >= 11 is 5.87. The third kappa shape index (κ3) is 5.78. The van der Waals surface area contributed by atoms with E-state index in [1.807, 2.05) is 11.0 Å². The van der Waals surface area contributed by atoms with E-state index < -0.39 is 28.5 Å². The molecule has 152 valence electrons. The van der Waals surface area contributed by atoms with Crippen molar-refractivity contribution in [3.8, 4) is 0 Å². The van der Waals surface area contributed by atoms with Gasteiger partial charge in [-0.25, -0.2) is 13.4 Å². The lowest BCUT2D eigenvalue weighted by molar-refractivity contribution is 0.253. The minimum absolute atomic E-state index is 0.324. The van der Waals surface area contributed by atoms with Crippen molar-refractivity contribution in [3.63, 3.8) is 0 Å². The summed E-state index contributed by atoms with van der Waals surface area (Å²) in [6.07, 6.45) is 3.66. The Bertz CT molecular complexity index is 772. The monoisotopic (exact) mass is 435 g/mol. The Balaban J connectivity index is 2.00. The van der Waals surface area contributed by atoms with Gasteiger partial charge in [-0.15, -0.1) is 6.58 Å². The van der Waals surface area contributed by atoms with Crippen molar-refractivity contribution >= 4 is 34.6 Å². The van der Waals surface area contributed by atoms with E-state index in [0.29, 0.717) is 43.5 Å². The Morgan fingerprint density at radius 1 is 1.30 bits per heavy atom. The normalized spacial score (nSPS) is 17.7. The van der Waals surface area contributed by atoms with Gasteiger partial charge in [-0.3, -0.25) is 9.46 Å². The van der Waals surface area contributed by atoms with Crippen LogP contribution in [0.15, 0.2) is 31.0 Å². The smallest absolute Gasteiger partial charge is 0.203 e. The maximum atomic E-state index is 12.7. The Kier molecular flexibility index (Phi) is 7.89. The first-order chi connectivity index (χ1) is 12.7. The summed E-state index contributed by atoms with van der Waals surface area (Å²) in [5, 5.41) is -0.286. The van der Waals surface area contributed by atoms with Crippen LogP contribution in [0.3, 0.4) is 0 Å². The highest BCUT2D eigenvalue weighted by Crippen LogP contribution is 2.46. The molecule has 0 bridgehead atoms. The van der Waals surface area contributed by atoms with Crippen LogP contribution < -0.4 is 4.90 Å². The van der Waals surface area contributed by atoms with Gasteiger partial charge < -0.3 is 9.42 Å². The number of aromatic nitrogens is 1. The number of halogens is 1. The predicted octanol–water partition coefficient (Wildman–Crippen LogP) is 3.08. The van der Waals surface area contributed by atoms with Gasteiger partial charge in [0.1, 0.15) is 11.2 Å². The molecular weight excluding hydrogens is 409 g/mol. The zero-order valence-electron chi connectivity index (χ0n) is 15.8. The van der Waals surface area contributed by atoms with Crippen molar-refractivity contribution < 1.29 is 17.5 Å². The summed E-state index contributed by atoms with van der Waals surface area (Å²) in [5.74, 6) is 0.258. The SMILES string of the molecule is C=CC(N1CCN(c2ccc(Cl)cn2)CC1)S(=O)(=O)COP(=O)(CC)CC. The van der Waals surface area contributed by atoms with Gasteiger partial charge in [-0.2, -0.15) is 0 Å². The van der Waals surface area contributed by atoms with Crippen LogP contribution in [0.4, 0.5) is 5.82 Å². The molecule has 1 aromatic heterocycles. The molecule has 0 radical (unpaired) electrons. The predicted molar refractivity (Wildman–Crippen MR) is 111 cm³/mol. The third-order valence-electron chi connectivity index (χ3n) is 4.70. The Hall–Kier alpha value is -0.920. The number of rotatable bonds is 9. The molecule has 2 rings (SSSR count). The van der Waals surface area contributed by atoms with Gasteiger partial charge in [-0.1, -0.05) is 31.5 Å². The van der Waals surface area contributed by atoms with Crippen molar-refractivity contribution in [1.82, 2.24) is 9.88 Å². The lowest BCUT2D eigenvalue weighted by Crippen LogP contribution is -2.52. The van der Waals surface area contributed by atoms with Crippen LogP contribution in [0, 0.1) is 0 Å². The highest BCUT2D eigenvalue weighted by Gasteiger charge is 2.33. The average molecular weight is 436 g/mol. The van der Waals surface area contributed by atoms with Crippen LogP contribution in [-0.2, 0) is 18.9 Å². The van der Waals surface area contributed by atoms with Gasteiger partial charge in [-0.05, 0) is 12.1 Å². The van der Waals surface area contributed by atoms with Gasteiger partial charge >= 0.3 is 0 Å². The van der Waals surface area contributed by atoms with E-state index >= 15 is 0 Å². The number of hydrogen-bond acceptors (Lipinski definition) is 7. The summed E-state index contributed by atoms with van der Waals surface area (Å²) in [6, 6.07) is 3.63. The van der Waals surface area contributed by atoms with Crippen LogP contribution in [0.2, 0.25) is 5.02 Å². The van der Waals surface area contributed by atoms with Crippen molar-refractivity contribution in [2.75, 3.05) is 49.3 Å². The van der Waals surface area contributed by atoms with E-state index in [1.165, 1.54) is 6.08 Å². The molecule has 1 fully saturated rings. The Morgan fingerprint density at radius 3 is 2.41 bits per heavy atom. The lowest BCUT2D eigenvalue weighted by atomic mass is 10.3. The van der Waals surface area contributed by atoms with E-state index in [0.717, 1.165) is 5.82 Å². The van der Waals surface area contributed by atoms with Crippen molar-refractivity contribution in [2.24, 2.45) is 0 Å². The number of sulfone groups is 1. The molecule has 1 aliphatic heterocycles. The molecule has 27 heavy (non-hydrogen) atoms. The lowest BCUT2D eigenvalue weighted by Gasteiger charge is -2.38. The van der Waals surface area contributed by atoms with Gasteiger partial charge in [0.15, 0.2) is 15.8 Å². The molecule has 10 heteroatoms. The summed E-state index contributed by atoms with van der Waals surface area (Å²) in [7, 11) is -6.53. The minimum atomic E-state index is -3.65. The molecule has 2 heterocycles. The first-order valence-corrected chi connectivity index (χ1v) is 13.0. The zero-order valence-corrected chi connectivity index (χ0v) is 18.2. The second-order valence-corrected chi connectivity index (χ2v) is 12.0. The maximum absolute atomic E-state index is 12.7. The number of anilines is 1. The Labute approximate surface area is 166 Å². The molecule has 1 atom stereocenters. The Morgan fingerprint density at radius 2 is 1.93 bits per heavy atom. The zero-order chi connectivity index (χ0) is 20.1. The molecule has 1 aromatic rings. The summed E-state index contributed by atoms with van der Waals surface area (Å²) < 4.78 is 43.1. The molecule has 1 aliphatic rings. The molecule has 1 saturated heterocycles. The molecule has 0 spiro atoms. The van der Waals surface area contributed by atoms with Crippen molar-refractivity contribution in [3.05, 3.63) is 36.0 Å². The molecule has 0 aromatic carbocycles. The second kappa shape index (κ2) is 9.52. The average Bonchev–Trinajstić information content (AvgIpc) is 2.68. The van der Waals surface area contributed by atoms with Crippen LogP contribution in [0.25, 0.3) is 0 Å². The largest absolute Gasteiger partial charge is 0.354 e. The quantitative estimate of drug-likeness (QED) is 0.435. The van der Waals surface area contributed by atoms with Crippen LogP contribution in [-0.4, -0.2) is 68.1 Å². The van der Waals surface area contributed by atoms with Gasteiger partial charge in [0.25, 0.3) is 0 Å². The minimum Gasteiger partial charge on any atom is -0.354 e. The molecule has 0 aliphatic carbocycles. The third-order valence-corrected chi connectivity index (χ3v) is 9.29. The number of nitrogens with zero attached hydrogens (tertiary/aromatic N) is 3. The molecular formula is C17H27ClN3O4PS. The van der Waals surface area contributed by atoms with Crippen molar-refractivity contribution in [2.45, 2.75) is 19.2 Å². The number of piperazine rings is 1. The van der Waals surface area contributed by atoms with Crippen molar-refractivity contribution in [1.29, 1.82) is 0 Å².